The van der Waals surface area contributed by atoms with E-state index in [1.165, 1.54) is 0 Å². The maximum atomic E-state index is 11.6. The van der Waals surface area contributed by atoms with E-state index in [4.69, 9.17) is 5.73 Å². The first kappa shape index (κ1) is 12.5. The first-order valence-electron chi connectivity index (χ1n) is 5.55. The normalized spacial score (nSPS) is 12.2. The van der Waals surface area contributed by atoms with Crippen LogP contribution in [0.2, 0.25) is 0 Å². The predicted molar refractivity (Wildman–Crippen MR) is 66.1 cm³/mol. The number of nitrogens with two attached hydrogens (primary N) is 1. The summed E-state index contributed by atoms with van der Waals surface area (Å²) in [6, 6.07) is 1.78. The van der Waals surface area contributed by atoms with Gasteiger partial charge in [-0.3, -0.25) is 4.79 Å². The summed E-state index contributed by atoms with van der Waals surface area (Å²) in [5.41, 5.74) is 7.21. The maximum Gasteiger partial charge on any atom is 0.225 e. The number of amides is 1. The van der Waals surface area contributed by atoms with E-state index in [1.54, 1.807) is 12.3 Å². The molecule has 88 valence electrons. The van der Waals surface area contributed by atoms with Crippen LogP contribution in [0.25, 0.3) is 0 Å². The van der Waals surface area contributed by atoms with Gasteiger partial charge in [0.1, 0.15) is 5.82 Å². The lowest BCUT2D eigenvalue weighted by Gasteiger charge is -2.09. The summed E-state index contributed by atoms with van der Waals surface area (Å²) in [4.78, 5) is 15.7. The van der Waals surface area contributed by atoms with Crippen LogP contribution in [0.1, 0.15) is 32.3 Å². The third-order valence-corrected chi connectivity index (χ3v) is 2.65. The minimum Gasteiger partial charge on any atom is -0.397 e. The number of aryl methyl sites for hydroxylation is 1. The molecule has 16 heavy (non-hydrogen) atoms. The quantitative estimate of drug-likeness (QED) is 0.820. The fourth-order valence-corrected chi connectivity index (χ4v) is 1.29. The first-order valence-corrected chi connectivity index (χ1v) is 5.55. The highest BCUT2D eigenvalue weighted by Gasteiger charge is 2.08. The van der Waals surface area contributed by atoms with E-state index in [0.29, 0.717) is 23.8 Å². The van der Waals surface area contributed by atoms with Crippen molar-refractivity contribution < 1.29 is 4.79 Å². The molecule has 0 saturated carbocycles. The Morgan fingerprint density at radius 1 is 1.62 bits per heavy atom. The van der Waals surface area contributed by atoms with Crippen LogP contribution in [-0.4, -0.2) is 10.9 Å². The number of hydrogen-bond acceptors (Lipinski definition) is 3. The fourth-order valence-electron chi connectivity index (χ4n) is 1.29. The lowest BCUT2D eigenvalue weighted by Crippen LogP contribution is -2.15. The Morgan fingerprint density at radius 3 is 2.88 bits per heavy atom. The largest absolute Gasteiger partial charge is 0.397 e. The Morgan fingerprint density at radius 2 is 2.31 bits per heavy atom. The van der Waals surface area contributed by atoms with Crippen molar-refractivity contribution in [3.63, 3.8) is 0 Å². The van der Waals surface area contributed by atoms with Gasteiger partial charge in [-0.1, -0.05) is 20.3 Å². The number of anilines is 2. The van der Waals surface area contributed by atoms with Crippen LogP contribution in [0.15, 0.2) is 12.3 Å². The monoisotopic (exact) mass is 221 g/mol. The Balaban J connectivity index is 2.59. The zero-order valence-corrected chi connectivity index (χ0v) is 10.1. The zero-order valence-electron chi connectivity index (χ0n) is 10.1. The molecule has 1 unspecified atom stereocenters. The van der Waals surface area contributed by atoms with Crippen LogP contribution in [0.5, 0.6) is 0 Å². The number of carbonyl (C=O) groups is 1. The number of carbonyl (C=O) groups excluding carboxylic acids is 1. The third-order valence-electron chi connectivity index (χ3n) is 2.65. The average Bonchev–Trinajstić information content (AvgIpc) is 2.23. The maximum absolute atomic E-state index is 11.6. The molecule has 3 N–H and O–H groups in total. The molecule has 4 heteroatoms. The van der Waals surface area contributed by atoms with Gasteiger partial charge in [0.2, 0.25) is 5.91 Å². The number of hydrogen-bond donors (Lipinski definition) is 2. The van der Waals surface area contributed by atoms with Crippen LogP contribution < -0.4 is 11.1 Å². The van der Waals surface area contributed by atoms with Crippen molar-refractivity contribution in [2.45, 2.75) is 33.6 Å². The second-order valence-corrected chi connectivity index (χ2v) is 4.19. The van der Waals surface area contributed by atoms with Crippen molar-refractivity contribution in [2.75, 3.05) is 11.1 Å². The van der Waals surface area contributed by atoms with E-state index < -0.39 is 0 Å². The number of pyridine rings is 1. The molecule has 4 nitrogen and oxygen atoms in total. The van der Waals surface area contributed by atoms with Gasteiger partial charge >= 0.3 is 0 Å². The van der Waals surface area contributed by atoms with Crippen molar-refractivity contribution in [1.29, 1.82) is 0 Å². The molecule has 0 aromatic carbocycles. The molecule has 1 aromatic heterocycles. The first-order chi connectivity index (χ1) is 7.52. The second kappa shape index (κ2) is 5.49. The van der Waals surface area contributed by atoms with Gasteiger partial charge in [0, 0.05) is 6.42 Å². The number of nitrogens with zero attached hydrogens (tertiary/aromatic N) is 1. The predicted octanol–water partition coefficient (Wildman–Crippen LogP) is 2.35. The molecule has 0 aliphatic heterocycles. The number of nitrogens with one attached hydrogen (secondary N) is 1. The summed E-state index contributed by atoms with van der Waals surface area (Å²) < 4.78 is 0. The molecule has 0 aliphatic rings. The van der Waals surface area contributed by atoms with Crippen LogP contribution in [0, 0.1) is 12.8 Å². The van der Waals surface area contributed by atoms with Gasteiger partial charge in [-0.25, -0.2) is 4.98 Å². The zero-order chi connectivity index (χ0) is 12.1. The highest BCUT2D eigenvalue weighted by Crippen LogP contribution is 2.14. The molecule has 0 radical (unpaired) electrons. The van der Waals surface area contributed by atoms with Gasteiger partial charge in [0.15, 0.2) is 0 Å². The van der Waals surface area contributed by atoms with Crippen LogP contribution in [-0.2, 0) is 4.79 Å². The Kier molecular flexibility index (Phi) is 4.28. The van der Waals surface area contributed by atoms with E-state index in [0.717, 1.165) is 12.0 Å². The SMILES string of the molecule is CCC(C)CC(=O)Nc1cc(C)c(N)cn1. The van der Waals surface area contributed by atoms with Gasteiger partial charge in [-0.05, 0) is 24.5 Å². The molecule has 0 spiro atoms. The molecule has 1 aromatic rings. The van der Waals surface area contributed by atoms with Crippen molar-refractivity contribution in [3.8, 4) is 0 Å². The molecule has 1 heterocycles. The summed E-state index contributed by atoms with van der Waals surface area (Å²) in [7, 11) is 0. The van der Waals surface area contributed by atoms with Crippen molar-refractivity contribution >= 4 is 17.4 Å². The van der Waals surface area contributed by atoms with Crippen LogP contribution in [0.3, 0.4) is 0 Å². The smallest absolute Gasteiger partial charge is 0.225 e. The van der Waals surface area contributed by atoms with E-state index in [9.17, 15) is 4.79 Å². The summed E-state index contributed by atoms with van der Waals surface area (Å²) in [5.74, 6) is 0.973. The molecule has 0 bridgehead atoms. The minimum atomic E-state index is 0.00558. The van der Waals surface area contributed by atoms with Gasteiger partial charge in [0.05, 0.1) is 11.9 Å². The van der Waals surface area contributed by atoms with Crippen molar-refractivity contribution in [3.05, 3.63) is 17.8 Å². The van der Waals surface area contributed by atoms with Gasteiger partial charge < -0.3 is 11.1 Å². The minimum absolute atomic E-state index is 0.00558. The van der Waals surface area contributed by atoms with Gasteiger partial charge in [0.25, 0.3) is 0 Å². The summed E-state index contributed by atoms with van der Waals surface area (Å²) in [5, 5.41) is 2.77. The second-order valence-electron chi connectivity index (χ2n) is 4.19. The molecule has 1 rings (SSSR count). The van der Waals surface area contributed by atoms with Crippen LogP contribution >= 0.6 is 0 Å². The third kappa shape index (κ3) is 3.53. The highest BCUT2D eigenvalue weighted by atomic mass is 16.1. The summed E-state index contributed by atoms with van der Waals surface area (Å²) in [6.45, 7) is 6.02. The number of nitrogen functional groups attached to an aromatic ring is 1. The molecule has 1 amide bonds. The Hall–Kier alpha value is -1.58. The van der Waals surface area contributed by atoms with Gasteiger partial charge in [-0.15, -0.1) is 0 Å². The van der Waals surface area contributed by atoms with Crippen molar-refractivity contribution in [2.24, 2.45) is 5.92 Å². The standard InChI is InChI=1S/C12H19N3O/c1-4-8(2)5-12(16)15-11-6-9(3)10(13)7-14-11/h6-8H,4-5,13H2,1-3H3,(H,14,15,16). The molecule has 0 aliphatic carbocycles. The van der Waals surface area contributed by atoms with Gasteiger partial charge in [-0.2, -0.15) is 0 Å². The van der Waals surface area contributed by atoms with E-state index in [-0.39, 0.29) is 5.91 Å². The van der Waals surface area contributed by atoms with E-state index in [1.807, 2.05) is 6.92 Å². The Bertz CT molecular complexity index is 377. The van der Waals surface area contributed by atoms with E-state index in [2.05, 4.69) is 24.1 Å². The summed E-state index contributed by atoms with van der Waals surface area (Å²) >= 11 is 0. The average molecular weight is 221 g/mol. The molecular formula is C12H19N3O. The number of rotatable bonds is 4. The lowest BCUT2D eigenvalue weighted by atomic mass is 10.1. The number of aromatic nitrogens is 1. The summed E-state index contributed by atoms with van der Waals surface area (Å²) in [6.07, 6.45) is 3.09. The fraction of sp³-hybridized carbons (Fsp3) is 0.500. The molecule has 0 saturated heterocycles. The molecule has 0 fully saturated rings. The van der Waals surface area contributed by atoms with Crippen molar-refractivity contribution in [1.82, 2.24) is 4.98 Å². The van der Waals surface area contributed by atoms with E-state index >= 15 is 0 Å². The lowest BCUT2D eigenvalue weighted by molar-refractivity contribution is -0.117. The topological polar surface area (TPSA) is 68.0 Å². The highest BCUT2D eigenvalue weighted by molar-refractivity contribution is 5.90. The molecular weight excluding hydrogens is 202 g/mol. The molecule has 1 atom stereocenters. The van der Waals surface area contributed by atoms with Crippen LogP contribution in [0.4, 0.5) is 11.5 Å². The Labute approximate surface area is 96.3 Å².